The lowest BCUT2D eigenvalue weighted by atomic mass is 10.2. The van der Waals surface area contributed by atoms with Gasteiger partial charge in [-0.3, -0.25) is 9.10 Å². The van der Waals surface area contributed by atoms with E-state index in [9.17, 15) is 17.6 Å². The van der Waals surface area contributed by atoms with Crippen LogP contribution in [0.3, 0.4) is 0 Å². The van der Waals surface area contributed by atoms with Gasteiger partial charge in [-0.25, -0.2) is 12.8 Å². The van der Waals surface area contributed by atoms with Crippen molar-refractivity contribution in [1.82, 2.24) is 5.32 Å². The highest BCUT2D eigenvalue weighted by atomic mass is 32.2. The zero-order chi connectivity index (χ0) is 17.7. The summed E-state index contributed by atoms with van der Waals surface area (Å²) < 4.78 is 40.5. The zero-order valence-electron chi connectivity index (χ0n) is 12.9. The lowest BCUT2D eigenvalue weighted by Gasteiger charge is -2.24. The van der Waals surface area contributed by atoms with Crippen LogP contribution in [0.2, 0.25) is 0 Å². The monoisotopic (exact) mass is 346 g/mol. The predicted molar refractivity (Wildman–Crippen MR) is 89.4 cm³/mol. The number of benzene rings is 2. The summed E-state index contributed by atoms with van der Waals surface area (Å²) in [5.41, 5.74) is 0.621. The van der Waals surface area contributed by atoms with Crippen molar-refractivity contribution in [3.05, 3.63) is 59.9 Å². The van der Waals surface area contributed by atoms with E-state index in [0.29, 0.717) is 5.56 Å². The molecule has 0 saturated heterocycles. The van der Waals surface area contributed by atoms with Gasteiger partial charge in [-0.2, -0.15) is 0 Å². The molecule has 124 valence electrons. The molecule has 0 saturated carbocycles. The molecule has 7 heteroatoms. The van der Waals surface area contributed by atoms with Gasteiger partial charge in [-0.05, 0) is 30.3 Å². The van der Waals surface area contributed by atoms with Crippen LogP contribution in [0.1, 0.15) is 5.56 Å². The Kier molecular flexibility index (Phi) is 5.21. The van der Waals surface area contributed by atoms with Crippen LogP contribution in [-0.2, 0) is 14.8 Å². The summed E-state index contributed by atoms with van der Waals surface area (Å²) in [5.74, 6) is 0.959. The van der Waals surface area contributed by atoms with E-state index >= 15 is 0 Å². The van der Waals surface area contributed by atoms with Gasteiger partial charge in [0.25, 0.3) is 10.0 Å². The molecule has 24 heavy (non-hydrogen) atoms. The maximum absolute atomic E-state index is 14.0. The molecular weight excluding hydrogens is 331 g/mol. The maximum Gasteiger partial charge on any atom is 0.267 e. The minimum Gasteiger partial charge on any atom is -0.358 e. The van der Waals surface area contributed by atoms with Gasteiger partial charge in [-0.1, -0.05) is 24.1 Å². The summed E-state index contributed by atoms with van der Waals surface area (Å²) in [6.45, 7) is -0.499. The summed E-state index contributed by atoms with van der Waals surface area (Å²) in [5, 5.41) is 2.35. The van der Waals surface area contributed by atoms with Crippen molar-refractivity contribution in [1.29, 1.82) is 0 Å². The molecule has 0 unspecified atom stereocenters. The number of hydrogen-bond donors (Lipinski definition) is 1. The van der Waals surface area contributed by atoms with E-state index in [2.05, 4.69) is 11.2 Å². The molecular formula is C17H15FN2O3S. The second kappa shape index (κ2) is 7.15. The lowest BCUT2D eigenvalue weighted by molar-refractivity contribution is -0.119. The second-order valence-electron chi connectivity index (χ2n) is 4.81. The van der Waals surface area contributed by atoms with E-state index < -0.39 is 33.2 Å². The van der Waals surface area contributed by atoms with E-state index in [0.717, 1.165) is 16.4 Å². The SMILES string of the molecule is C#Cc1cccc(N(CC(=O)NC)S(=O)(=O)c2ccccc2F)c1. The van der Waals surface area contributed by atoms with Crippen LogP contribution in [0.4, 0.5) is 10.1 Å². The molecule has 0 aliphatic heterocycles. The molecule has 0 bridgehead atoms. The van der Waals surface area contributed by atoms with Gasteiger partial charge in [-0.15, -0.1) is 6.42 Å². The normalized spacial score (nSPS) is 10.7. The number of terminal acetylenes is 1. The van der Waals surface area contributed by atoms with Crippen LogP contribution < -0.4 is 9.62 Å². The molecule has 0 fully saturated rings. The van der Waals surface area contributed by atoms with E-state index in [1.807, 2.05) is 0 Å². The Labute approximate surface area is 140 Å². The van der Waals surface area contributed by atoms with E-state index in [1.54, 1.807) is 12.1 Å². The molecule has 5 nitrogen and oxygen atoms in total. The topological polar surface area (TPSA) is 66.5 Å². The van der Waals surface area contributed by atoms with Crippen molar-refractivity contribution in [3.8, 4) is 12.3 Å². The highest BCUT2D eigenvalue weighted by Crippen LogP contribution is 2.25. The summed E-state index contributed by atoms with van der Waals surface area (Å²) in [6.07, 6.45) is 5.33. The van der Waals surface area contributed by atoms with Gasteiger partial charge in [0.05, 0.1) is 5.69 Å². The standard InChI is InChI=1S/C17H15FN2O3S/c1-3-13-7-6-8-14(11-13)20(12-17(21)19-2)24(22,23)16-10-5-4-9-15(16)18/h1,4-11H,12H2,2H3,(H,19,21). The number of carbonyl (C=O) groups is 1. The third-order valence-corrected chi connectivity index (χ3v) is 5.08. The summed E-state index contributed by atoms with van der Waals surface area (Å²) >= 11 is 0. The van der Waals surface area contributed by atoms with Crippen LogP contribution in [0, 0.1) is 18.2 Å². The smallest absolute Gasteiger partial charge is 0.267 e. The van der Waals surface area contributed by atoms with E-state index in [4.69, 9.17) is 6.42 Å². The van der Waals surface area contributed by atoms with Crippen molar-refractivity contribution in [2.24, 2.45) is 0 Å². The molecule has 1 N–H and O–H groups in total. The van der Waals surface area contributed by atoms with Crippen molar-refractivity contribution in [2.75, 3.05) is 17.9 Å². The molecule has 2 aromatic rings. The van der Waals surface area contributed by atoms with E-state index in [1.165, 1.54) is 31.3 Å². The number of rotatable bonds is 5. The number of carbonyl (C=O) groups excluding carboxylic acids is 1. The summed E-state index contributed by atoms with van der Waals surface area (Å²) in [6, 6.07) is 11.1. The molecule has 0 heterocycles. The average molecular weight is 346 g/mol. The average Bonchev–Trinajstić information content (AvgIpc) is 2.59. The van der Waals surface area contributed by atoms with Gasteiger partial charge < -0.3 is 5.32 Å². The van der Waals surface area contributed by atoms with Crippen molar-refractivity contribution < 1.29 is 17.6 Å². The predicted octanol–water partition coefficient (Wildman–Crippen LogP) is 1.75. The van der Waals surface area contributed by atoms with Gasteiger partial charge in [0.1, 0.15) is 17.3 Å². The maximum atomic E-state index is 14.0. The fourth-order valence-corrected chi connectivity index (χ4v) is 3.53. The number of hydrogen-bond acceptors (Lipinski definition) is 3. The van der Waals surface area contributed by atoms with Crippen molar-refractivity contribution in [2.45, 2.75) is 4.90 Å². The van der Waals surface area contributed by atoms with Crippen molar-refractivity contribution >= 4 is 21.6 Å². The molecule has 2 aromatic carbocycles. The first-order valence-electron chi connectivity index (χ1n) is 6.94. The number of halogens is 1. The Morgan fingerprint density at radius 1 is 1.25 bits per heavy atom. The Morgan fingerprint density at radius 2 is 1.96 bits per heavy atom. The minimum absolute atomic E-state index is 0.178. The molecule has 0 aliphatic rings. The largest absolute Gasteiger partial charge is 0.358 e. The number of anilines is 1. The van der Waals surface area contributed by atoms with Gasteiger partial charge in [0.2, 0.25) is 5.91 Å². The molecule has 1 amide bonds. The highest BCUT2D eigenvalue weighted by molar-refractivity contribution is 7.92. The van der Waals surface area contributed by atoms with Gasteiger partial charge in [0.15, 0.2) is 0 Å². The highest BCUT2D eigenvalue weighted by Gasteiger charge is 2.29. The number of likely N-dealkylation sites (N-methyl/N-ethyl adjacent to an activating group) is 1. The zero-order valence-corrected chi connectivity index (χ0v) is 13.7. The van der Waals surface area contributed by atoms with E-state index in [-0.39, 0.29) is 5.69 Å². The quantitative estimate of drug-likeness (QED) is 0.839. The van der Waals surface area contributed by atoms with Crippen molar-refractivity contribution in [3.63, 3.8) is 0 Å². The fourth-order valence-electron chi connectivity index (χ4n) is 2.05. The Morgan fingerprint density at radius 3 is 2.58 bits per heavy atom. The first kappa shape index (κ1) is 17.5. The van der Waals surface area contributed by atoms with Crippen LogP contribution >= 0.6 is 0 Å². The summed E-state index contributed by atoms with van der Waals surface area (Å²) in [4.78, 5) is 11.2. The molecule has 0 radical (unpaired) electrons. The Balaban J connectivity index is 2.60. The molecule has 0 atom stereocenters. The van der Waals surface area contributed by atoms with Crippen LogP contribution in [0.15, 0.2) is 53.4 Å². The Bertz CT molecular complexity index is 904. The fraction of sp³-hybridized carbons (Fsp3) is 0.118. The molecule has 0 aliphatic carbocycles. The summed E-state index contributed by atoms with van der Waals surface area (Å²) in [7, 11) is -2.90. The third kappa shape index (κ3) is 3.55. The van der Waals surface area contributed by atoms with Gasteiger partial charge >= 0.3 is 0 Å². The lowest BCUT2D eigenvalue weighted by Crippen LogP contribution is -2.40. The molecule has 0 spiro atoms. The van der Waals surface area contributed by atoms with Crippen LogP contribution in [0.25, 0.3) is 0 Å². The number of sulfonamides is 1. The number of nitrogens with one attached hydrogen (secondary N) is 1. The van der Waals surface area contributed by atoms with Gasteiger partial charge in [0, 0.05) is 12.6 Å². The minimum atomic E-state index is -4.29. The van der Waals surface area contributed by atoms with Crippen LogP contribution in [0.5, 0.6) is 0 Å². The first-order valence-corrected chi connectivity index (χ1v) is 8.38. The third-order valence-electron chi connectivity index (χ3n) is 3.27. The molecule has 2 rings (SSSR count). The van der Waals surface area contributed by atoms with Crippen LogP contribution in [-0.4, -0.2) is 27.9 Å². The first-order chi connectivity index (χ1) is 11.4. The number of amides is 1. The second-order valence-corrected chi connectivity index (χ2v) is 6.64. The Hall–Kier alpha value is -2.85. The molecule has 0 aromatic heterocycles. The number of nitrogens with zero attached hydrogens (tertiary/aromatic N) is 1.